The van der Waals surface area contributed by atoms with Gasteiger partial charge in [0.1, 0.15) is 23.4 Å². The van der Waals surface area contributed by atoms with Gasteiger partial charge in [-0.15, -0.1) is 0 Å². The fraction of sp³-hybridized carbons (Fsp3) is 0.294. The van der Waals surface area contributed by atoms with Crippen LogP contribution >= 0.6 is 0 Å². The molecule has 0 saturated carbocycles. The highest BCUT2D eigenvalue weighted by atomic mass is 16.5. The minimum absolute atomic E-state index is 0.0181. The van der Waals surface area contributed by atoms with Crippen molar-refractivity contribution < 1.29 is 24.5 Å². The van der Waals surface area contributed by atoms with Crippen LogP contribution in [0.15, 0.2) is 12.1 Å². The molecule has 5 nitrogen and oxygen atoms in total. The molecule has 2 N–H and O–H groups in total. The molecule has 2 aromatic carbocycles. The van der Waals surface area contributed by atoms with Gasteiger partial charge < -0.3 is 14.9 Å². The van der Waals surface area contributed by atoms with Crippen molar-refractivity contribution in [1.29, 1.82) is 0 Å². The fourth-order valence-electron chi connectivity index (χ4n) is 3.45. The molecule has 22 heavy (non-hydrogen) atoms. The molecule has 0 unspecified atom stereocenters. The van der Waals surface area contributed by atoms with Crippen LogP contribution in [0.2, 0.25) is 0 Å². The highest BCUT2D eigenvalue weighted by Crippen LogP contribution is 2.55. The lowest BCUT2D eigenvalue weighted by Crippen LogP contribution is -2.29. The summed E-state index contributed by atoms with van der Waals surface area (Å²) in [5.41, 5.74) is -0.0113. The first-order valence-corrected chi connectivity index (χ1v) is 7.07. The maximum Gasteiger partial charge on any atom is 0.238 e. The van der Waals surface area contributed by atoms with Gasteiger partial charge in [0.05, 0.1) is 11.1 Å². The number of hydrogen-bond acceptors (Lipinski definition) is 5. The van der Waals surface area contributed by atoms with Gasteiger partial charge in [-0.05, 0) is 19.1 Å². The van der Waals surface area contributed by atoms with Crippen molar-refractivity contribution in [3.05, 3.63) is 28.8 Å². The smallest absolute Gasteiger partial charge is 0.238 e. The predicted octanol–water partition coefficient (Wildman–Crippen LogP) is 2.69. The molecular weight excluding hydrogens is 284 g/mol. The van der Waals surface area contributed by atoms with Crippen LogP contribution < -0.4 is 4.74 Å². The maximum atomic E-state index is 12.3. The lowest BCUT2D eigenvalue weighted by atomic mass is 9.79. The molecule has 4 rings (SSSR count). The van der Waals surface area contributed by atoms with Gasteiger partial charge in [0.25, 0.3) is 0 Å². The largest absolute Gasteiger partial charge is 0.507 e. The van der Waals surface area contributed by atoms with Crippen molar-refractivity contribution in [2.24, 2.45) is 0 Å². The summed E-state index contributed by atoms with van der Waals surface area (Å²) in [4.78, 5) is 24.4. The first kappa shape index (κ1) is 13.1. The van der Waals surface area contributed by atoms with Crippen molar-refractivity contribution in [2.75, 3.05) is 0 Å². The molecule has 112 valence electrons. The van der Waals surface area contributed by atoms with Crippen molar-refractivity contribution in [3.8, 4) is 17.2 Å². The monoisotopic (exact) mass is 298 g/mol. The van der Waals surface area contributed by atoms with Crippen molar-refractivity contribution in [1.82, 2.24) is 0 Å². The molecule has 0 radical (unpaired) electrons. The third-order valence-corrected chi connectivity index (χ3v) is 4.99. The molecule has 0 spiro atoms. The minimum atomic E-state index is -0.789. The zero-order valence-corrected chi connectivity index (χ0v) is 12.4. The summed E-state index contributed by atoms with van der Waals surface area (Å²) in [5.74, 6) is -1.55. The molecule has 0 fully saturated rings. The molecule has 0 aromatic heterocycles. The molecule has 2 aromatic rings. The third kappa shape index (κ3) is 1.21. The Bertz CT molecular complexity index is 907. The topological polar surface area (TPSA) is 83.8 Å². The summed E-state index contributed by atoms with van der Waals surface area (Å²) in [6, 6.07) is 3.00. The molecule has 0 saturated heterocycles. The van der Waals surface area contributed by atoms with E-state index in [2.05, 4.69) is 0 Å². The number of rotatable bonds is 0. The van der Waals surface area contributed by atoms with Crippen LogP contribution in [0, 0.1) is 0 Å². The number of fused-ring (bicyclic) bond motifs is 2. The number of aromatic hydroxyl groups is 2. The summed E-state index contributed by atoms with van der Waals surface area (Å²) in [6.07, 6.45) is -0.186. The van der Waals surface area contributed by atoms with Crippen LogP contribution in [0.3, 0.4) is 0 Å². The van der Waals surface area contributed by atoms with E-state index in [0.717, 1.165) is 0 Å². The zero-order chi connectivity index (χ0) is 16.0. The Balaban J connectivity index is 2.27. The van der Waals surface area contributed by atoms with Crippen molar-refractivity contribution in [3.63, 3.8) is 0 Å². The van der Waals surface area contributed by atoms with Gasteiger partial charge in [-0.3, -0.25) is 9.59 Å². The Labute approximate surface area is 126 Å². The second kappa shape index (κ2) is 3.61. The Kier molecular flexibility index (Phi) is 2.15. The van der Waals surface area contributed by atoms with Gasteiger partial charge in [-0.25, -0.2) is 0 Å². The maximum absolute atomic E-state index is 12.3. The highest BCUT2D eigenvalue weighted by molar-refractivity contribution is 6.58. The van der Waals surface area contributed by atoms with Gasteiger partial charge in [0, 0.05) is 21.8 Å². The van der Waals surface area contributed by atoms with E-state index in [0.29, 0.717) is 16.7 Å². The van der Waals surface area contributed by atoms with E-state index >= 15 is 0 Å². The number of hydrogen-bond donors (Lipinski definition) is 2. The van der Waals surface area contributed by atoms with E-state index in [1.54, 1.807) is 6.07 Å². The van der Waals surface area contributed by atoms with Crippen LogP contribution in [0.1, 0.15) is 47.1 Å². The predicted molar refractivity (Wildman–Crippen MR) is 79.1 cm³/mol. The van der Waals surface area contributed by atoms with Crippen LogP contribution in [-0.2, 0) is 5.41 Å². The van der Waals surface area contributed by atoms with Crippen molar-refractivity contribution >= 4 is 22.3 Å². The fourth-order valence-corrected chi connectivity index (χ4v) is 3.45. The van der Waals surface area contributed by atoms with E-state index in [1.807, 2.05) is 20.8 Å². The summed E-state index contributed by atoms with van der Waals surface area (Å²) >= 11 is 0. The standard InChI is InChI=1S/C17H14O5/c1-6-17(2,3)12-13(19)11-9-7(16(12)22-6)4-5-8(18)10(9)14(20)15(11)21/h4-6,18-19H,1-3H3/t6-/m0/s1. The van der Waals surface area contributed by atoms with Crippen LogP contribution in [0.4, 0.5) is 0 Å². The molecule has 0 amide bonds. The molecule has 1 aliphatic heterocycles. The summed E-state index contributed by atoms with van der Waals surface area (Å²) in [5, 5.41) is 21.4. The van der Waals surface area contributed by atoms with E-state index in [1.165, 1.54) is 6.07 Å². The molecule has 0 bridgehead atoms. The lowest BCUT2D eigenvalue weighted by Gasteiger charge is -2.23. The average Bonchev–Trinajstić information content (AvgIpc) is 2.84. The summed E-state index contributed by atoms with van der Waals surface area (Å²) < 4.78 is 5.90. The average molecular weight is 298 g/mol. The summed E-state index contributed by atoms with van der Waals surface area (Å²) in [6.45, 7) is 5.74. The second-order valence-corrected chi connectivity index (χ2v) is 6.45. The molecule has 1 atom stereocenters. The second-order valence-electron chi connectivity index (χ2n) is 6.45. The molecule has 2 aliphatic rings. The molecule has 1 aliphatic carbocycles. The van der Waals surface area contributed by atoms with E-state index in [4.69, 9.17) is 4.74 Å². The lowest BCUT2D eigenvalue weighted by molar-refractivity contribution is 0.0822. The Hall–Kier alpha value is -2.56. The van der Waals surface area contributed by atoms with E-state index < -0.39 is 17.0 Å². The Morgan fingerprint density at radius 2 is 1.73 bits per heavy atom. The number of carbonyl (C=O) groups is 2. The SMILES string of the molecule is C[C@@H]1Oc2c(c(O)c3c4c(c(O)ccc24)C(=O)C3=O)C1(C)C. The van der Waals surface area contributed by atoms with E-state index in [-0.39, 0.29) is 34.1 Å². The number of carbonyl (C=O) groups excluding carboxylic acids is 2. The van der Waals surface area contributed by atoms with Gasteiger partial charge in [-0.2, -0.15) is 0 Å². The van der Waals surface area contributed by atoms with Crippen molar-refractivity contribution in [2.45, 2.75) is 32.3 Å². The zero-order valence-electron chi connectivity index (χ0n) is 12.4. The van der Waals surface area contributed by atoms with Gasteiger partial charge in [-0.1, -0.05) is 13.8 Å². The van der Waals surface area contributed by atoms with Crippen LogP contribution in [0.5, 0.6) is 17.2 Å². The number of ketones is 2. The first-order chi connectivity index (χ1) is 10.3. The summed E-state index contributed by atoms with van der Waals surface area (Å²) in [7, 11) is 0. The van der Waals surface area contributed by atoms with E-state index in [9.17, 15) is 19.8 Å². The van der Waals surface area contributed by atoms with Crippen LogP contribution in [-0.4, -0.2) is 27.9 Å². The number of benzene rings is 2. The molecular formula is C17H14O5. The Morgan fingerprint density at radius 3 is 2.41 bits per heavy atom. The number of Topliss-reactive ketones (excluding diaryl/α,β-unsaturated/α-hetero) is 2. The van der Waals surface area contributed by atoms with Gasteiger partial charge in [0.2, 0.25) is 11.6 Å². The number of phenolic OH excluding ortho intramolecular Hbond substituents is 2. The number of phenols is 2. The molecule has 5 heteroatoms. The van der Waals surface area contributed by atoms with Gasteiger partial charge in [0.15, 0.2) is 0 Å². The normalized spacial score (nSPS) is 21.3. The third-order valence-electron chi connectivity index (χ3n) is 4.99. The molecule has 1 heterocycles. The van der Waals surface area contributed by atoms with Crippen LogP contribution in [0.25, 0.3) is 10.8 Å². The number of ether oxygens (including phenoxy) is 1. The van der Waals surface area contributed by atoms with Gasteiger partial charge >= 0.3 is 0 Å². The first-order valence-electron chi connectivity index (χ1n) is 7.07. The minimum Gasteiger partial charge on any atom is -0.507 e. The quantitative estimate of drug-likeness (QED) is 0.731. The highest BCUT2D eigenvalue weighted by Gasteiger charge is 2.47. The Morgan fingerprint density at radius 1 is 1.09 bits per heavy atom.